The summed E-state index contributed by atoms with van der Waals surface area (Å²) in [6, 6.07) is 8.92. The molecule has 0 heterocycles. The molecule has 142 valence electrons. The highest BCUT2D eigenvalue weighted by atomic mass is 35.5. The van der Waals surface area contributed by atoms with E-state index in [0.29, 0.717) is 16.4 Å². The summed E-state index contributed by atoms with van der Waals surface area (Å²) in [6.45, 7) is -0.402. The van der Waals surface area contributed by atoms with Gasteiger partial charge < -0.3 is 15.5 Å². The molecule has 0 spiro atoms. The molecule has 0 atom stereocenters. The number of nitro benzene ring substituents is 1. The fourth-order valence-electron chi connectivity index (χ4n) is 2.40. The van der Waals surface area contributed by atoms with Crippen LogP contribution in [0.3, 0.4) is 0 Å². The summed E-state index contributed by atoms with van der Waals surface area (Å²) in [7, 11) is 3.55. The molecular formula is C17H16Cl2N4O4. The van der Waals surface area contributed by atoms with Gasteiger partial charge in [-0.15, -0.1) is 0 Å². The molecule has 2 aromatic carbocycles. The Bertz CT molecular complexity index is 902. The lowest BCUT2D eigenvalue weighted by atomic mass is 10.1. The molecule has 8 nitrogen and oxygen atoms in total. The average molecular weight is 411 g/mol. The number of benzene rings is 2. The minimum Gasteiger partial charge on any atom is -0.375 e. The molecule has 0 aliphatic rings. The fourth-order valence-corrected chi connectivity index (χ4v) is 3.00. The molecule has 0 bridgehead atoms. The number of para-hydroxylation sites is 1. The minimum atomic E-state index is -0.818. The molecule has 0 radical (unpaired) electrons. The Morgan fingerprint density at radius 1 is 1.11 bits per heavy atom. The fraction of sp³-hybridized carbons (Fsp3) is 0.176. The van der Waals surface area contributed by atoms with E-state index in [0.717, 1.165) is 6.07 Å². The highest BCUT2D eigenvalue weighted by Crippen LogP contribution is 2.32. The van der Waals surface area contributed by atoms with Crippen molar-refractivity contribution < 1.29 is 14.5 Å². The summed E-state index contributed by atoms with van der Waals surface area (Å²) in [5.41, 5.74) is 0.343. The normalized spacial score (nSPS) is 10.2. The molecule has 2 amide bonds. The number of nitrogens with one attached hydrogen (secondary N) is 2. The van der Waals surface area contributed by atoms with E-state index in [1.807, 2.05) is 0 Å². The molecule has 0 fully saturated rings. The van der Waals surface area contributed by atoms with Crippen molar-refractivity contribution >= 4 is 52.1 Å². The van der Waals surface area contributed by atoms with Gasteiger partial charge in [-0.1, -0.05) is 35.3 Å². The monoisotopic (exact) mass is 410 g/mol. The third kappa shape index (κ3) is 4.87. The third-order valence-electron chi connectivity index (χ3n) is 3.53. The first-order chi connectivity index (χ1) is 12.7. The van der Waals surface area contributed by atoms with Gasteiger partial charge in [-0.25, -0.2) is 0 Å². The van der Waals surface area contributed by atoms with Crippen LogP contribution in [0.15, 0.2) is 36.4 Å². The average Bonchev–Trinajstić information content (AvgIpc) is 2.59. The number of rotatable bonds is 6. The van der Waals surface area contributed by atoms with Crippen molar-refractivity contribution in [3.63, 3.8) is 0 Å². The summed E-state index contributed by atoms with van der Waals surface area (Å²) >= 11 is 12.0. The van der Waals surface area contributed by atoms with Gasteiger partial charge in [0.1, 0.15) is 5.56 Å². The van der Waals surface area contributed by atoms with Gasteiger partial charge in [0.2, 0.25) is 5.91 Å². The van der Waals surface area contributed by atoms with Crippen LogP contribution in [0.2, 0.25) is 10.0 Å². The Kier molecular flexibility index (Phi) is 6.59. The Balaban J connectivity index is 2.11. The lowest BCUT2D eigenvalue weighted by molar-refractivity contribution is -0.385. The van der Waals surface area contributed by atoms with Crippen LogP contribution >= 0.6 is 23.2 Å². The second-order valence-electron chi connectivity index (χ2n) is 5.65. The summed E-state index contributed by atoms with van der Waals surface area (Å²) in [4.78, 5) is 36.5. The van der Waals surface area contributed by atoms with Gasteiger partial charge in [0.05, 0.1) is 32.9 Å². The Morgan fingerprint density at radius 3 is 2.37 bits per heavy atom. The van der Waals surface area contributed by atoms with E-state index in [-0.39, 0.29) is 10.6 Å². The van der Waals surface area contributed by atoms with Gasteiger partial charge in [0.15, 0.2) is 0 Å². The van der Waals surface area contributed by atoms with Crippen LogP contribution in [-0.4, -0.2) is 37.4 Å². The summed E-state index contributed by atoms with van der Waals surface area (Å²) in [6.07, 6.45) is 0. The van der Waals surface area contributed by atoms with Gasteiger partial charge in [0, 0.05) is 20.2 Å². The number of hydrogen-bond donors (Lipinski definition) is 2. The molecule has 0 aromatic heterocycles. The Morgan fingerprint density at radius 2 is 1.74 bits per heavy atom. The van der Waals surface area contributed by atoms with Gasteiger partial charge >= 0.3 is 0 Å². The van der Waals surface area contributed by atoms with Gasteiger partial charge in [-0.2, -0.15) is 0 Å². The highest BCUT2D eigenvalue weighted by Gasteiger charge is 2.23. The lowest BCUT2D eigenvalue weighted by Crippen LogP contribution is -2.33. The molecule has 2 N–H and O–H groups in total. The SMILES string of the molecule is CN(C)c1c(Cl)cccc1NC(=O)CNC(=O)c1c(Cl)cccc1[N+](=O)[O-]. The maximum Gasteiger partial charge on any atom is 0.283 e. The number of carbonyl (C=O) groups excluding carboxylic acids is 2. The first-order valence-corrected chi connectivity index (χ1v) is 8.44. The van der Waals surface area contributed by atoms with E-state index >= 15 is 0 Å². The first kappa shape index (κ1) is 20.5. The van der Waals surface area contributed by atoms with Crippen LogP contribution in [0.5, 0.6) is 0 Å². The topological polar surface area (TPSA) is 105 Å². The molecular weight excluding hydrogens is 395 g/mol. The summed E-state index contributed by atoms with van der Waals surface area (Å²) in [5.74, 6) is -1.34. The second-order valence-corrected chi connectivity index (χ2v) is 6.47. The van der Waals surface area contributed by atoms with Crippen molar-refractivity contribution in [1.29, 1.82) is 0 Å². The van der Waals surface area contributed by atoms with E-state index in [2.05, 4.69) is 10.6 Å². The van der Waals surface area contributed by atoms with Crippen LogP contribution in [0.1, 0.15) is 10.4 Å². The lowest BCUT2D eigenvalue weighted by Gasteiger charge is -2.19. The zero-order valence-electron chi connectivity index (χ0n) is 14.5. The van der Waals surface area contributed by atoms with E-state index in [1.165, 1.54) is 12.1 Å². The van der Waals surface area contributed by atoms with Gasteiger partial charge in [0.25, 0.3) is 11.6 Å². The standard InChI is InChI=1S/C17H16Cl2N4O4/c1-22(2)16-11(19)6-3-7-12(16)21-14(24)9-20-17(25)15-10(18)5-4-8-13(15)23(26)27/h3-8H,9H2,1-2H3,(H,20,25)(H,21,24). The van der Waals surface area contributed by atoms with Crippen LogP contribution in [0.4, 0.5) is 17.1 Å². The molecule has 0 saturated carbocycles. The molecule has 0 aliphatic carbocycles. The van der Waals surface area contributed by atoms with Gasteiger partial charge in [-0.3, -0.25) is 19.7 Å². The molecule has 0 saturated heterocycles. The predicted octanol–water partition coefficient (Wildman–Crippen LogP) is 3.34. The van der Waals surface area contributed by atoms with Crippen molar-refractivity contribution in [2.45, 2.75) is 0 Å². The van der Waals surface area contributed by atoms with Crippen LogP contribution in [0.25, 0.3) is 0 Å². The minimum absolute atomic E-state index is 0.0770. The van der Waals surface area contributed by atoms with E-state index in [1.54, 1.807) is 37.2 Å². The summed E-state index contributed by atoms with van der Waals surface area (Å²) < 4.78 is 0. The zero-order valence-corrected chi connectivity index (χ0v) is 16.0. The predicted molar refractivity (Wildman–Crippen MR) is 105 cm³/mol. The molecule has 27 heavy (non-hydrogen) atoms. The first-order valence-electron chi connectivity index (χ1n) is 7.69. The molecule has 0 aliphatic heterocycles. The number of halogens is 2. The molecule has 2 rings (SSSR count). The van der Waals surface area contributed by atoms with Crippen molar-refractivity contribution in [3.8, 4) is 0 Å². The number of anilines is 2. The van der Waals surface area contributed by atoms with E-state index < -0.39 is 29.0 Å². The Hall–Kier alpha value is -2.84. The Labute approximate surface area is 165 Å². The summed E-state index contributed by atoms with van der Waals surface area (Å²) in [5, 5.41) is 16.4. The highest BCUT2D eigenvalue weighted by molar-refractivity contribution is 6.34. The van der Waals surface area contributed by atoms with Crippen molar-refractivity contribution in [2.24, 2.45) is 0 Å². The molecule has 0 unspecified atom stereocenters. The second kappa shape index (κ2) is 8.70. The van der Waals surface area contributed by atoms with E-state index in [4.69, 9.17) is 23.2 Å². The van der Waals surface area contributed by atoms with Crippen LogP contribution < -0.4 is 15.5 Å². The molecule has 2 aromatic rings. The van der Waals surface area contributed by atoms with Crippen LogP contribution in [-0.2, 0) is 4.79 Å². The zero-order chi connectivity index (χ0) is 20.1. The van der Waals surface area contributed by atoms with Crippen molar-refractivity contribution in [1.82, 2.24) is 5.32 Å². The largest absolute Gasteiger partial charge is 0.375 e. The van der Waals surface area contributed by atoms with Crippen molar-refractivity contribution in [3.05, 3.63) is 62.1 Å². The maximum atomic E-state index is 12.3. The van der Waals surface area contributed by atoms with E-state index in [9.17, 15) is 19.7 Å². The quantitative estimate of drug-likeness (QED) is 0.561. The number of carbonyl (C=O) groups is 2. The molecule has 10 heteroatoms. The number of hydrogen-bond acceptors (Lipinski definition) is 5. The van der Waals surface area contributed by atoms with Crippen LogP contribution in [0, 0.1) is 10.1 Å². The number of amides is 2. The number of nitro groups is 1. The van der Waals surface area contributed by atoms with Crippen molar-refractivity contribution in [2.75, 3.05) is 30.9 Å². The number of nitrogens with zero attached hydrogens (tertiary/aromatic N) is 2. The third-order valence-corrected chi connectivity index (χ3v) is 4.15. The van der Waals surface area contributed by atoms with Gasteiger partial charge in [-0.05, 0) is 18.2 Å². The smallest absolute Gasteiger partial charge is 0.283 e. The maximum absolute atomic E-state index is 12.3.